The summed E-state index contributed by atoms with van der Waals surface area (Å²) in [5.74, 6) is -1.40. The van der Waals surface area contributed by atoms with Crippen LogP contribution in [-0.4, -0.2) is 36.7 Å². The maximum Gasteiger partial charge on any atom is 0.238 e. The topological polar surface area (TPSA) is 75.7 Å². The van der Waals surface area contributed by atoms with Crippen molar-refractivity contribution in [3.63, 3.8) is 0 Å². The third kappa shape index (κ3) is 3.60. The lowest BCUT2D eigenvalue weighted by Crippen LogP contribution is -2.51. The predicted molar refractivity (Wildman–Crippen MR) is 159 cm³/mol. The minimum Gasteiger partial charge on any atom is -0.497 e. The zero-order valence-electron chi connectivity index (χ0n) is 22.1. The molecule has 7 heteroatoms. The number of nitrogens with one attached hydrogen (secondary N) is 1. The van der Waals surface area contributed by atoms with Crippen LogP contribution < -0.4 is 15.0 Å². The number of ether oxygens (including phenoxy) is 1. The summed E-state index contributed by atoms with van der Waals surface area (Å²) >= 11 is 6.17. The number of benzene rings is 4. The molecule has 0 saturated carbocycles. The van der Waals surface area contributed by atoms with Gasteiger partial charge in [-0.15, -0.1) is 0 Å². The van der Waals surface area contributed by atoms with Crippen LogP contribution in [-0.2, 0) is 10.2 Å². The molecule has 0 unspecified atom stereocenters. The van der Waals surface area contributed by atoms with Gasteiger partial charge in [0, 0.05) is 27.5 Å². The highest BCUT2D eigenvalue weighted by atomic mass is 35.5. The number of para-hydroxylation sites is 2. The first-order chi connectivity index (χ1) is 19.9. The summed E-state index contributed by atoms with van der Waals surface area (Å²) in [6, 6.07) is 27.2. The van der Waals surface area contributed by atoms with Gasteiger partial charge in [0.25, 0.3) is 0 Å². The van der Waals surface area contributed by atoms with Crippen LogP contribution in [0.2, 0.25) is 5.02 Å². The van der Waals surface area contributed by atoms with E-state index in [1.807, 2.05) is 65.6 Å². The van der Waals surface area contributed by atoms with Crippen LogP contribution in [0.3, 0.4) is 0 Å². The predicted octanol–water partition coefficient (Wildman–Crippen LogP) is 6.20. The van der Waals surface area contributed by atoms with E-state index in [-0.39, 0.29) is 17.5 Å². The summed E-state index contributed by atoms with van der Waals surface area (Å²) in [4.78, 5) is 45.8. The number of hydrogen-bond donors (Lipinski definition) is 1. The molecule has 1 fully saturated rings. The van der Waals surface area contributed by atoms with Crippen LogP contribution in [0.25, 0.3) is 6.08 Å². The highest BCUT2D eigenvalue weighted by Gasteiger charge is 2.70. The molecule has 1 spiro atoms. The van der Waals surface area contributed by atoms with Gasteiger partial charge < -0.3 is 15.0 Å². The highest BCUT2D eigenvalue weighted by molar-refractivity contribution is 6.30. The number of rotatable bonds is 5. The van der Waals surface area contributed by atoms with E-state index < -0.39 is 23.4 Å². The molecule has 6 nitrogen and oxygen atoms in total. The molecular formula is C34H25ClN2O4. The Morgan fingerprint density at radius 1 is 0.878 bits per heavy atom. The largest absolute Gasteiger partial charge is 0.497 e. The van der Waals surface area contributed by atoms with E-state index in [2.05, 4.69) is 5.32 Å². The van der Waals surface area contributed by atoms with Gasteiger partial charge in [0.1, 0.15) is 17.2 Å². The number of halogens is 1. The number of hydrogen-bond acceptors (Lipinski definition) is 5. The summed E-state index contributed by atoms with van der Waals surface area (Å²) in [6.45, 7) is 0. The van der Waals surface area contributed by atoms with Gasteiger partial charge in [-0.2, -0.15) is 0 Å². The van der Waals surface area contributed by atoms with Crippen molar-refractivity contribution in [2.45, 2.75) is 17.5 Å². The van der Waals surface area contributed by atoms with E-state index in [1.165, 1.54) is 7.11 Å². The molecule has 0 bridgehead atoms. The summed E-state index contributed by atoms with van der Waals surface area (Å²) < 4.78 is 5.43. The second kappa shape index (κ2) is 9.46. The summed E-state index contributed by atoms with van der Waals surface area (Å²) in [5.41, 5.74) is 2.48. The minimum atomic E-state index is -1.37. The lowest BCUT2D eigenvalue weighted by atomic mass is 9.64. The maximum atomic E-state index is 14.8. The second-order valence-electron chi connectivity index (χ2n) is 10.5. The quantitative estimate of drug-likeness (QED) is 0.294. The first-order valence-electron chi connectivity index (χ1n) is 13.4. The molecule has 3 aliphatic heterocycles. The smallest absolute Gasteiger partial charge is 0.238 e. The summed E-state index contributed by atoms with van der Waals surface area (Å²) in [7, 11) is 1.54. The second-order valence-corrected chi connectivity index (χ2v) is 11.0. The van der Waals surface area contributed by atoms with E-state index in [4.69, 9.17) is 16.3 Å². The van der Waals surface area contributed by atoms with Gasteiger partial charge in [0.15, 0.2) is 11.6 Å². The molecule has 4 atom stereocenters. The molecule has 0 radical (unpaired) electrons. The fourth-order valence-corrected chi connectivity index (χ4v) is 6.99. The van der Waals surface area contributed by atoms with Crippen LogP contribution in [0.5, 0.6) is 5.75 Å². The molecule has 0 aromatic heterocycles. The first-order valence-corrected chi connectivity index (χ1v) is 13.8. The number of fused-ring (bicyclic) bond motifs is 6. The molecule has 1 N–H and O–H groups in total. The van der Waals surface area contributed by atoms with Crippen LogP contribution in [0.4, 0.5) is 11.4 Å². The lowest BCUT2D eigenvalue weighted by molar-refractivity contribution is -0.121. The van der Waals surface area contributed by atoms with E-state index in [1.54, 1.807) is 48.5 Å². The number of anilines is 2. The van der Waals surface area contributed by atoms with Crippen molar-refractivity contribution in [3.8, 4) is 5.75 Å². The number of methoxy groups -OCH3 is 1. The zero-order chi connectivity index (χ0) is 28.3. The number of carbonyl (C=O) groups is 3. The minimum absolute atomic E-state index is 0.257. The van der Waals surface area contributed by atoms with Crippen LogP contribution in [0, 0.1) is 5.92 Å². The van der Waals surface area contributed by atoms with Gasteiger partial charge in [-0.05, 0) is 59.7 Å². The van der Waals surface area contributed by atoms with Crippen molar-refractivity contribution in [2.24, 2.45) is 5.92 Å². The van der Waals surface area contributed by atoms with Gasteiger partial charge in [-0.1, -0.05) is 72.3 Å². The van der Waals surface area contributed by atoms with Crippen LogP contribution in [0.15, 0.2) is 103 Å². The Kier molecular flexibility index (Phi) is 5.84. The Bertz CT molecular complexity index is 1760. The fourth-order valence-electron chi connectivity index (χ4n) is 6.86. The van der Waals surface area contributed by atoms with E-state index in [0.29, 0.717) is 33.1 Å². The number of ketones is 2. The monoisotopic (exact) mass is 560 g/mol. The molecule has 3 heterocycles. The molecule has 202 valence electrons. The number of Topliss-reactive ketones (excluding diaryl/α,β-unsaturated/α-hetero) is 2. The third-order valence-electron chi connectivity index (χ3n) is 8.58. The van der Waals surface area contributed by atoms with Gasteiger partial charge in [0.2, 0.25) is 5.91 Å². The Labute approximate surface area is 242 Å². The molecule has 4 aromatic rings. The first kappa shape index (κ1) is 25.3. The molecule has 4 aromatic carbocycles. The van der Waals surface area contributed by atoms with Crippen molar-refractivity contribution < 1.29 is 19.1 Å². The molecule has 1 saturated heterocycles. The van der Waals surface area contributed by atoms with Gasteiger partial charge >= 0.3 is 0 Å². The van der Waals surface area contributed by atoms with Gasteiger partial charge in [-0.3, -0.25) is 14.4 Å². The molecule has 1 amide bonds. The molecule has 41 heavy (non-hydrogen) atoms. The van der Waals surface area contributed by atoms with Crippen molar-refractivity contribution in [3.05, 3.63) is 130 Å². The molecule has 3 aliphatic rings. The van der Waals surface area contributed by atoms with Crippen molar-refractivity contribution in [1.82, 2.24) is 0 Å². The average Bonchev–Trinajstić information content (AvgIpc) is 3.49. The molecule has 0 aliphatic carbocycles. The van der Waals surface area contributed by atoms with Crippen molar-refractivity contribution in [2.75, 3.05) is 17.3 Å². The zero-order valence-corrected chi connectivity index (χ0v) is 22.8. The Morgan fingerprint density at radius 2 is 1.63 bits per heavy atom. The number of nitrogens with zero attached hydrogens (tertiary/aromatic N) is 1. The van der Waals surface area contributed by atoms with E-state index in [0.717, 1.165) is 11.3 Å². The van der Waals surface area contributed by atoms with Crippen molar-refractivity contribution in [1.29, 1.82) is 0 Å². The molecule has 7 rings (SSSR count). The Morgan fingerprint density at radius 3 is 2.44 bits per heavy atom. The number of carbonyl (C=O) groups excluding carboxylic acids is 3. The standard InChI is InChI=1S/C34H25ClN2O4/c1-41-24-9-6-8-22(19-24)31(38)29-30(32(39)21-13-16-23(35)17-14-21)37-27-12-5-2-7-20(27)15-18-28(37)34(29)25-10-3-4-11-26(25)36-33(34)40/h2-19,28-30H,1H3,(H,36,40)/t28-,29-,30+,34-/m0/s1. The fraction of sp³-hybridized carbons (Fsp3) is 0.147. The highest BCUT2D eigenvalue weighted by Crippen LogP contribution is 2.58. The number of amides is 1. The van der Waals surface area contributed by atoms with Crippen molar-refractivity contribution >= 4 is 46.5 Å². The average molecular weight is 561 g/mol. The normalized spacial score (nSPS) is 23.5. The van der Waals surface area contributed by atoms with Crippen LogP contribution >= 0.6 is 11.6 Å². The molecular weight excluding hydrogens is 536 g/mol. The Hall–Kier alpha value is -4.68. The Balaban J connectivity index is 1.53. The van der Waals surface area contributed by atoms with Gasteiger partial charge in [0.05, 0.1) is 19.1 Å². The lowest BCUT2D eigenvalue weighted by Gasteiger charge is -2.37. The summed E-state index contributed by atoms with van der Waals surface area (Å²) in [5, 5.41) is 3.55. The maximum absolute atomic E-state index is 14.8. The SMILES string of the molecule is COc1cccc(C(=O)[C@@H]2[C@H](C(=O)c3ccc(Cl)cc3)N3c4ccccc4C=C[C@H]3[C@]23C(=O)Nc2ccccc23)c1. The van der Waals surface area contributed by atoms with E-state index in [9.17, 15) is 14.4 Å². The van der Waals surface area contributed by atoms with Gasteiger partial charge in [-0.25, -0.2) is 0 Å². The van der Waals surface area contributed by atoms with Crippen LogP contribution in [0.1, 0.15) is 31.8 Å². The third-order valence-corrected chi connectivity index (χ3v) is 8.83. The summed E-state index contributed by atoms with van der Waals surface area (Å²) in [6.07, 6.45) is 3.94. The van der Waals surface area contributed by atoms with E-state index >= 15 is 0 Å².